The summed E-state index contributed by atoms with van der Waals surface area (Å²) >= 11 is 10.2. The maximum Gasteiger partial charge on any atom is 1.00 e. The molecule has 19 heteroatoms. The molecule has 5 rings (SSSR count). The predicted octanol–water partition coefficient (Wildman–Crippen LogP) is 11.6. The molecule has 2 aliphatic heterocycles. The van der Waals surface area contributed by atoms with E-state index in [0.717, 1.165) is 120 Å². The van der Waals surface area contributed by atoms with Crippen molar-refractivity contribution in [2.24, 2.45) is 35.5 Å². The first kappa shape index (κ1) is 84.4. The van der Waals surface area contributed by atoms with Crippen molar-refractivity contribution in [3.63, 3.8) is 0 Å². The molecular weight excluding hydrogens is 1320 g/mol. The third-order valence-corrected chi connectivity index (χ3v) is 15.4. The van der Waals surface area contributed by atoms with E-state index in [-0.39, 0.29) is 101 Å². The number of hydrogen-bond acceptors (Lipinski definition) is 8. The summed E-state index contributed by atoms with van der Waals surface area (Å²) in [5.74, 6) is 1.78. The van der Waals surface area contributed by atoms with Crippen LogP contribution < -0.4 is 56.0 Å². The van der Waals surface area contributed by atoms with Gasteiger partial charge in [0.1, 0.15) is 12.4 Å². The van der Waals surface area contributed by atoms with Crippen molar-refractivity contribution in [2.45, 2.75) is 181 Å². The number of unbranched alkanes of at least 4 members (excludes halogenated alkanes) is 9. The van der Waals surface area contributed by atoms with Crippen LogP contribution in [0.25, 0.3) is 5.32 Å². The van der Waals surface area contributed by atoms with E-state index >= 15 is 0 Å². The van der Waals surface area contributed by atoms with Crippen molar-refractivity contribution in [3.05, 3.63) is 94.8 Å². The number of amides is 7. The van der Waals surface area contributed by atoms with Crippen molar-refractivity contribution >= 4 is 89.1 Å². The molecule has 2 aromatic carbocycles. The maximum atomic E-state index is 13.6. The molecule has 0 unspecified atom stereocenters. The van der Waals surface area contributed by atoms with E-state index < -0.39 is 11.8 Å². The van der Waals surface area contributed by atoms with Crippen LogP contribution in [0.1, 0.15) is 209 Å². The van der Waals surface area contributed by atoms with Crippen molar-refractivity contribution in [3.8, 4) is 0 Å². The molecule has 0 saturated carbocycles. The second-order valence-electron chi connectivity index (χ2n) is 25.2. The molecule has 0 saturated heterocycles. The molecule has 3 aromatic rings. The van der Waals surface area contributed by atoms with Gasteiger partial charge in [-0.1, -0.05) is 207 Å². The number of carbonyl (C=O) groups is 7. The van der Waals surface area contributed by atoms with Gasteiger partial charge in [0.2, 0.25) is 18.1 Å². The Hall–Kier alpha value is -2.62. The Labute approximate surface area is 594 Å². The molecule has 7 amide bonds. The summed E-state index contributed by atoms with van der Waals surface area (Å²) < 4.78 is 4.16. The van der Waals surface area contributed by atoms with Gasteiger partial charge in [-0.2, -0.15) is 0 Å². The predicted molar refractivity (Wildman–Crippen MR) is 364 cm³/mol. The monoisotopic (exact) mass is 1430 g/mol. The molecule has 0 spiro atoms. The summed E-state index contributed by atoms with van der Waals surface area (Å²) in [6.45, 7) is 33.5. The second-order valence-corrected chi connectivity index (χ2v) is 27.6. The minimum Gasteiger partial charge on any atom is -0.587 e. The molecular formula is C68H111Br3KN8O7+. The van der Waals surface area contributed by atoms with E-state index in [2.05, 4.69) is 152 Å². The molecule has 0 atom stereocenters. The van der Waals surface area contributed by atoms with Gasteiger partial charge < -0.3 is 29.6 Å². The standard InChI is InChI=1S/C39H75N6O3.C14H16BrNO2.C8H5NO2.C6H12Br2.CH4.K/c1-31(2)21-43(22-32(3)4)37(46)27-41(28-38(47)44(23-33(5)6)24-34(7)8)18-16-14-13-15-17-40-19-20-42(30-40)29-39(48)45(25-35(9)10)26-36(11)12;15-9-5-1-2-6-10-16-13(17)11-7-3-4-8-12(11)14(16)18;10-7-5-3-1-2-4-6(5)8(11)9-7;7-5-3-1-2-4-6-8;;/h19-20,30-36H,13-18,21-29H2,1-12H3;3-4,7-8H,1-2,5-6,9-10H2;1-4H,(H,9,10,11);1-6H2;1H4;/q+1;;;;;+1/p-1. The Bertz CT molecular complexity index is 2310. The SMILES string of the molecule is BrCCCCCCBr.C.CC(C)CN(CC(C)C)C(=O)CN(CCCCCCn1cc[n+](CC(=O)N(CC(C)C)CC(C)C)c1)CC(=O)N(CC(C)C)CC(C)C.O=C1[N-]C(=O)c2ccccc21.O=C1c2ccccc2C(=O)N1CCCCCCBr.[K+]. The van der Waals surface area contributed by atoms with E-state index in [1.54, 1.807) is 48.5 Å². The number of aryl methyl sites for hydroxylation is 1. The van der Waals surface area contributed by atoms with Gasteiger partial charge in [-0.25, -0.2) is 9.13 Å². The number of carbonyl (C=O) groups excluding carboxylic acids is 7. The van der Waals surface area contributed by atoms with Gasteiger partial charge in [0.25, 0.3) is 17.7 Å². The van der Waals surface area contributed by atoms with Gasteiger partial charge in [0, 0.05) is 72.9 Å². The van der Waals surface area contributed by atoms with E-state index in [1.807, 2.05) is 31.8 Å². The van der Waals surface area contributed by atoms with Crippen molar-refractivity contribution in [1.29, 1.82) is 0 Å². The number of alkyl halides is 3. The average molecular weight is 1430 g/mol. The number of halogens is 3. The Kier molecular flexibility index (Phi) is 46.7. The number of fused-ring (bicyclic) bond motifs is 2. The fourth-order valence-electron chi connectivity index (χ4n) is 9.95. The Morgan fingerprint density at radius 2 is 0.805 bits per heavy atom. The largest absolute Gasteiger partial charge is 1.00 e. The van der Waals surface area contributed by atoms with E-state index in [0.29, 0.717) is 70.9 Å². The molecule has 0 aliphatic carbocycles. The van der Waals surface area contributed by atoms with Gasteiger partial charge >= 0.3 is 51.4 Å². The van der Waals surface area contributed by atoms with E-state index in [9.17, 15) is 33.6 Å². The Morgan fingerprint density at radius 3 is 1.17 bits per heavy atom. The van der Waals surface area contributed by atoms with Crippen molar-refractivity contribution in [1.82, 2.24) is 29.1 Å². The molecule has 0 bridgehead atoms. The molecule has 3 heterocycles. The smallest absolute Gasteiger partial charge is 0.587 e. The molecule has 486 valence electrons. The first-order valence-electron chi connectivity index (χ1n) is 31.5. The summed E-state index contributed by atoms with van der Waals surface area (Å²) in [4.78, 5) is 95.4. The van der Waals surface area contributed by atoms with Crippen LogP contribution in [-0.2, 0) is 27.5 Å². The topological polar surface area (TPSA) is 159 Å². The van der Waals surface area contributed by atoms with Gasteiger partial charge in [-0.3, -0.25) is 33.8 Å². The second kappa shape index (κ2) is 48.2. The molecule has 87 heavy (non-hydrogen) atoms. The van der Waals surface area contributed by atoms with Gasteiger partial charge in [0.15, 0.2) is 6.54 Å². The number of hydrogen-bond donors (Lipinski definition) is 0. The van der Waals surface area contributed by atoms with Gasteiger partial charge in [0.05, 0.1) is 42.6 Å². The van der Waals surface area contributed by atoms with Crippen molar-refractivity contribution < 1.29 is 89.5 Å². The minimum absolute atomic E-state index is 0. The summed E-state index contributed by atoms with van der Waals surface area (Å²) in [6.07, 6.45) is 19.8. The first-order chi connectivity index (χ1) is 40.4. The zero-order valence-electron chi connectivity index (χ0n) is 55.0. The summed E-state index contributed by atoms with van der Waals surface area (Å²) in [7, 11) is 0. The van der Waals surface area contributed by atoms with Crippen LogP contribution in [0.15, 0.2) is 67.3 Å². The van der Waals surface area contributed by atoms with Crippen LogP contribution in [0.2, 0.25) is 0 Å². The van der Waals surface area contributed by atoms with Gasteiger partial charge in [-0.15, -0.1) is 0 Å². The van der Waals surface area contributed by atoms with E-state index in [4.69, 9.17) is 0 Å². The number of aromatic nitrogens is 2. The molecule has 0 fully saturated rings. The summed E-state index contributed by atoms with van der Waals surface area (Å²) in [6, 6.07) is 13.7. The molecule has 15 nitrogen and oxygen atoms in total. The third-order valence-electron chi connectivity index (χ3n) is 13.7. The van der Waals surface area contributed by atoms with Crippen LogP contribution in [0.5, 0.6) is 0 Å². The van der Waals surface area contributed by atoms with Crippen LogP contribution in [0.3, 0.4) is 0 Å². The average Bonchev–Trinajstić information content (AvgIpc) is 2.06. The molecule has 1 aromatic heterocycles. The number of imidazole rings is 1. The number of nitrogens with zero attached hydrogens (tertiary/aromatic N) is 8. The van der Waals surface area contributed by atoms with Crippen LogP contribution in [0.4, 0.5) is 0 Å². The number of benzene rings is 2. The zero-order valence-corrected chi connectivity index (χ0v) is 62.9. The summed E-state index contributed by atoms with van der Waals surface area (Å²) in [5.41, 5.74) is 1.92. The minimum atomic E-state index is -0.425. The number of imide groups is 2. The van der Waals surface area contributed by atoms with Crippen LogP contribution in [0, 0.1) is 35.5 Å². The van der Waals surface area contributed by atoms with Crippen LogP contribution >= 0.6 is 47.8 Å². The first-order valence-corrected chi connectivity index (χ1v) is 34.9. The third kappa shape index (κ3) is 35.1. The maximum absolute atomic E-state index is 13.6. The summed E-state index contributed by atoms with van der Waals surface area (Å²) in [5, 5.41) is 6.62. The Morgan fingerprint density at radius 1 is 0.471 bits per heavy atom. The molecule has 0 radical (unpaired) electrons. The molecule has 2 aliphatic rings. The molecule has 0 N–H and O–H groups in total. The van der Waals surface area contributed by atoms with E-state index in [1.165, 1.54) is 30.6 Å². The normalized spacial score (nSPS) is 12.3. The fourth-order valence-corrected chi connectivity index (χ4v) is 11.1. The Balaban J connectivity index is 0.00000151. The van der Waals surface area contributed by atoms with Gasteiger partial charge in [-0.05, 0) is 99.1 Å². The quantitative estimate of drug-likeness (QED) is 0.0183. The number of rotatable bonds is 36. The zero-order chi connectivity index (χ0) is 63.4. The van der Waals surface area contributed by atoms with Crippen LogP contribution in [-0.4, -0.2) is 152 Å². The fraction of sp³-hybridized carbons (Fsp3) is 0.676. The van der Waals surface area contributed by atoms with Crippen molar-refractivity contribution in [2.75, 3.05) is 81.4 Å².